The summed E-state index contributed by atoms with van der Waals surface area (Å²) in [5, 5.41) is 9.46. The molecule has 0 saturated heterocycles. The fraction of sp³-hybridized carbons (Fsp3) is 0.532. The molecule has 1 N–H and O–H groups in total. The van der Waals surface area contributed by atoms with Crippen molar-refractivity contribution in [1.82, 2.24) is 0 Å². The van der Waals surface area contributed by atoms with E-state index in [1.54, 1.807) is 0 Å². The first-order valence-corrected chi connectivity index (χ1v) is 20.1. The maximum absolute atomic E-state index is 12.1. The molecule has 0 amide bonds. The lowest BCUT2D eigenvalue weighted by Crippen LogP contribution is -2.28. The quantitative estimate of drug-likeness (QED) is 0.0408. The molecule has 0 bridgehead atoms. The number of carbonyl (C=O) groups is 2. The average molecular weight is 717 g/mol. The zero-order chi connectivity index (χ0) is 37.8. The van der Waals surface area contributed by atoms with Crippen LogP contribution in [-0.2, 0) is 19.1 Å². The Labute approximate surface area is 318 Å². The second kappa shape index (κ2) is 41.7. The normalized spacial score (nSPS) is 13.5. The van der Waals surface area contributed by atoms with Crippen LogP contribution in [-0.4, -0.2) is 36.4 Å². The van der Waals surface area contributed by atoms with Crippen LogP contribution in [0.15, 0.2) is 122 Å². The summed E-state index contributed by atoms with van der Waals surface area (Å²) in [6.45, 7) is 3.86. The van der Waals surface area contributed by atoms with Gasteiger partial charge in [-0.15, -0.1) is 0 Å². The highest BCUT2D eigenvalue weighted by Crippen LogP contribution is 2.08. The van der Waals surface area contributed by atoms with Crippen LogP contribution in [0.2, 0.25) is 0 Å². The monoisotopic (exact) mass is 717 g/mol. The van der Waals surface area contributed by atoms with Gasteiger partial charge < -0.3 is 14.6 Å². The molecule has 0 aliphatic carbocycles. The van der Waals surface area contributed by atoms with E-state index in [2.05, 4.69) is 135 Å². The molecular formula is C47H72O5. The van der Waals surface area contributed by atoms with Crippen molar-refractivity contribution in [3.05, 3.63) is 122 Å². The highest BCUT2D eigenvalue weighted by molar-refractivity contribution is 5.70. The first-order valence-electron chi connectivity index (χ1n) is 20.1. The molecule has 0 aromatic carbocycles. The lowest BCUT2D eigenvalue weighted by molar-refractivity contribution is -0.161. The molecule has 0 fully saturated rings. The molecule has 0 aliphatic heterocycles. The van der Waals surface area contributed by atoms with E-state index in [0.29, 0.717) is 12.8 Å². The molecule has 0 rings (SSSR count). The number of unbranched alkanes of at least 4 members (excludes halogenated alkanes) is 6. The van der Waals surface area contributed by atoms with Gasteiger partial charge in [-0.25, -0.2) is 0 Å². The van der Waals surface area contributed by atoms with Gasteiger partial charge in [0.15, 0.2) is 6.10 Å². The maximum atomic E-state index is 12.1. The number of aliphatic hydroxyl groups is 1. The van der Waals surface area contributed by atoms with Crippen LogP contribution in [0, 0.1) is 0 Å². The molecule has 0 aliphatic rings. The van der Waals surface area contributed by atoms with E-state index in [-0.39, 0.29) is 25.2 Å². The summed E-state index contributed by atoms with van der Waals surface area (Å²) in [5.41, 5.74) is 0. The predicted molar refractivity (Wildman–Crippen MR) is 223 cm³/mol. The largest absolute Gasteiger partial charge is 0.462 e. The standard InChI is InChI=1S/C47H72O5/c1-3-5-7-9-10-11-12-13-14-15-16-17-18-19-20-21-22-23-24-25-26-27-28-29-30-31-32-33-34-35-36-38-40-42-47(50)52-45(43-48)44-51-46(49)41-39-37-8-6-4-2/h5,7,10-11,13-14,16-17,19-20,22-23,25-26,28-29,31-32,34-35,45,48H,3-4,6,8-9,12,15,18,21,24,27,30,33,36-44H2,1-2H3/b7-5-,11-10-,14-13-,17-16-,20-19-,23-22-,26-25-,29-28-,32-31-,35-34-. The highest BCUT2D eigenvalue weighted by atomic mass is 16.6. The molecule has 0 saturated carbocycles. The van der Waals surface area contributed by atoms with E-state index in [4.69, 9.17) is 9.47 Å². The Balaban J connectivity index is 3.72. The summed E-state index contributed by atoms with van der Waals surface area (Å²) in [5.74, 6) is -0.671. The number of hydrogen-bond acceptors (Lipinski definition) is 5. The predicted octanol–water partition coefficient (Wildman–Crippen LogP) is 12.8. The number of ether oxygens (including phenoxy) is 2. The molecule has 0 radical (unpaired) electrons. The molecule has 0 heterocycles. The lowest BCUT2D eigenvalue weighted by atomic mass is 10.1. The van der Waals surface area contributed by atoms with E-state index < -0.39 is 6.10 Å². The van der Waals surface area contributed by atoms with Crippen LogP contribution in [0.4, 0.5) is 0 Å². The van der Waals surface area contributed by atoms with Gasteiger partial charge in [-0.05, 0) is 89.9 Å². The summed E-state index contributed by atoms with van der Waals surface area (Å²) in [6.07, 6.45) is 61.7. The van der Waals surface area contributed by atoms with Gasteiger partial charge in [0.1, 0.15) is 6.61 Å². The van der Waals surface area contributed by atoms with Gasteiger partial charge >= 0.3 is 11.9 Å². The SMILES string of the molecule is CC/C=C\C/C=C\C/C=C\C/C=C\C/C=C\C/C=C\C/C=C\C/C=C\C/C=C\C/C=C\CCCCC(=O)OC(CO)COC(=O)CCCCCCC. The fourth-order valence-electron chi connectivity index (χ4n) is 4.75. The van der Waals surface area contributed by atoms with Crippen LogP contribution in [0.25, 0.3) is 0 Å². The zero-order valence-electron chi connectivity index (χ0n) is 32.8. The van der Waals surface area contributed by atoms with Crippen molar-refractivity contribution in [2.45, 2.75) is 148 Å². The molecule has 1 atom stereocenters. The second-order valence-corrected chi connectivity index (χ2v) is 12.6. The van der Waals surface area contributed by atoms with Crippen molar-refractivity contribution < 1.29 is 24.2 Å². The van der Waals surface area contributed by atoms with Crippen LogP contribution in [0.1, 0.15) is 142 Å². The Morgan fingerprint density at radius 3 is 1.23 bits per heavy atom. The van der Waals surface area contributed by atoms with Crippen LogP contribution in [0.5, 0.6) is 0 Å². The minimum Gasteiger partial charge on any atom is -0.462 e. The van der Waals surface area contributed by atoms with Crippen molar-refractivity contribution in [1.29, 1.82) is 0 Å². The molecule has 0 spiro atoms. The molecule has 0 aromatic rings. The summed E-state index contributed by atoms with van der Waals surface area (Å²) in [6, 6.07) is 0. The minimum atomic E-state index is -0.798. The Bertz CT molecular complexity index is 1130. The van der Waals surface area contributed by atoms with E-state index in [1.165, 1.54) is 6.42 Å². The molecule has 52 heavy (non-hydrogen) atoms. The van der Waals surface area contributed by atoms with E-state index in [9.17, 15) is 14.7 Å². The Kier molecular flexibility index (Phi) is 38.8. The van der Waals surface area contributed by atoms with E-state index in [0.717, 1.165) is 109 Å². The third kappa shape index (κ3) is 39.1. The number of aliphatic hydroxyl groups excluding tert-OH is 1. The topological polar surface area (TPSA) is 72.8 Å². The summed E-state index contributed by atoms with van der Waals surface area (Å²) < 4.78 is 10.4. The van der Waals surface area contributed by atoms with Gasteiger partial charge in [-0.2, -0.15) is 0 Å². The van der Waals surface area contributed by atoms with Gasteiger partial charge in [0.2, 0.25) is 0 Å². The molecular weight excluding hydrogens is 645 g/mol. The van der Waals surface area contributed by atoms with E-state index >= 15 is 0 Å². The van der Waals surface area contributed by atoms with Crippen molar-refractivity contribution in [3.8, 4) is 0 Å². The number of esters is 2. The van der Waals surface area contributed by atoms with Crippen molar-refractivity contribution >= 4 is 11.9 Å². The molecule has 5 nitrogen and oxygen atoms in total. The first-order chi connectivity index (χ1) is 25.6. The minimum absolute atomic E-state index is 0.0924. The average Bonchev–Trinajstić information content (AvgIpc) is 3.15. The van der Waals surface area contributed by atoms with Crippen LogP contribution >= 0.6 is 0 Å². The molecule has 290 valence electrons. The summed E-state index contributed by atoms with van der Waals surface area (Å²) in [7, 11) is 0. The molecule has 1 unspecified atom stereocenters. The summed E-state index contributed by atoms with van der Waals surface area (Å²) >= 11 is 0. The third-order valence-corrected chi connectivity index (χ3v) is 7.77. The van der Waals surface area contributed by atoms with Crippen LogP contribution in [0.3, 0.4) is 0 Å². The van der Waals surface area contributed by atoms with E-state index in [1.807, 2.05) is 0 Å². The first kappa shape index (κ1) is 48.3. The Morgan fingerprint density at radius 1 is 0.462 bits per heavy atom. The van der Waals surface area contributed by atoms with Gasteiger partial charge in [0, 0.05) is 12.8 Å². The van der Waals surface area contributed by atoms with Crippen molar-refractivity contribution in [2.75, 3.05) is 13.2 Å². The fourth-order valence-corrected chi connectivity index (χ4v) is 4.75. The van der Waals surface area contributed by atoms with Gasteiger partial charge in [-0.3, -0.25) is 9.59 Å². The molecule has 0 aromatic heterocycles. The van der Waals surface area contributed by atoms with Crippen LogP contribution < -0.4 is 0 Å². The van der Waals surface area contributed by atoms with Gasteiger partial charge in [-0.1, -0.05) is 161 Å². The second-order valence-electron chi connectivity index (χ2n) is 12.6. The zero-order valence-corrected chi connectivity index (χ0v) is 32.8. The Hall–Kier alpha value is -3.70. The van der Waals surface area contributed by atoms with Crippen molar-refractivity contribution in [3.63, 3.8) is 0 Å². The Morgan fingerprint density at radius 2 is 0.827 bits per heavy atom. The number of carbonyl (C=O) groups excluding carboxylic acids is 2. The van der Waals surface area contributed by atoms with Gasteiger partial charge in [0.25, 0.3) is 0 Å². The number of hydrogen-bond donors (Lipinski definition) is 1. The van der Waals surface area contributed by atoms with Gasteiger partial charge in [0.05, 0.1) is 6.61 Å². The lowest BCUT2D eigenvalue weighted by Gasteiger charge is -2.15. The summed E-state index contributed by atoms with van der Waals surface area (Å²) in [4.78, 5) is 23.9. The third-order valence-electron chi connectivity index (χ3n) is 7.77. The maximum Gasteiger partial charge on any atom is 0.306 e. The number of allylic oxidation sites excluding steroid dienone is 20. The van der Waals surface area contributed by atoms with Crippen molar-refractivity contribution in [2.24, 2.45) is 0 Å². The highest BCUT2D eigenvalue weighted by Gasteiger charge is 2.16. The number of rotatable bonds is 34. The molecule has 5 heteroatoms. The smallest absolute Gasteiger partial charge is 0.306 e.